The maximum Gasteiger partial charge on any atom is 0.237 e. The van der Waals surface area contributed by atoms with Crippen LogP contribution in [0.4, 0.5) is 0 Å². The van der Waals surface area contributed by atoms with Gasteiger partial charge in [-0.1, -0.05) is 20.3 Å². The van der Waals surface area contributed by atoms with E-state index in [4.69, 9.17) is 5.73 Å². The smallest absolute Gasteiger partial charge is 0.237 e. The summed E-state index contributed by atoms with van der Waals surface area (Å²) in [5.74, 6) is 1.03. The molecule has 1 heterocycles. The van der Waals surface area contributed by atoms with E-state index >= 15 is 0 Å². The molecule has 0 bridgehead atoms. The highest BCUT2D eigenvalue weighted by molar-refractivity contribution is 5.81. The van der Waals surface area contributed by atoms with Gasteiger partial charge in [0, 0.05) is 6.54 Å². The number of carbonyl (C=O) groups excluding carboxylic acids is 1. The highest BCUT2D eigenvalue weighted by atomic mass is 16.2. The second-order valence-corrected chi connectivity index (χ2v) is 5.74. The Morgan fingerprint density at radius 2 is 2.06 bits per heavy atom. The first kappa shape index (κ1) is 15.4. The van der Waals surface area contributed by atoms with Crippen LogP contribution in [-0.2, 0) is 4.79 Å². The van der Waals surface area contributed by atoms with Crippen molar-refractivity contribution in [2.45, 2.75) is 45.6 Å². The summed E-state index contributed by atoms with van der Waals surface area (Å²) in [5, 5.41) is 2.98. The lowest BCUT2D eigenvalue weighted by Gasteiger charge is -2.29. The number of carbonyl (C=O) groups is 1. The fourth-order valence-corrected chi connectivity index (χ4v) is 2.38. The fourth-order valence-electron chi connectivity index (χ4n) is 2.38. The van der Waals surface area contributed by atoms with Crippen molar-refractivity contribution in [3.63, 3.8) is 0 Å². The van der Waals surface area contributed by atoms with Crippen LogP contribution in [-0.4, -0.2) is 43.5 Å². The van der Waals surface area contributed by atoms with Crippen LogP contribution in [0.5, 0.6) is 0 Å². The molecular weight excluding hydrogens is 226 g/mol. The Morgan fingerprint density at radius 3 is 2.61 bits per heavy atom. The minimum atomic E-state index is -0.354. The van der Waals surface area contributed by atoms with Crippen LogP contribution >= 0.6 is 0 Å². The summed E-state index contributed by atoms with van der Waals surface area (Å²) < 4.78 is 0. The molecule has 0 aromatic rings. The van der Waals surface area contributed by atoms with E-state index in [2.05, 4.69) is 24.2 Å². The third kappa shape index (κ3) is 4.94. The highest BCUT2D eigenvalue weighted by Gasteiger charge is 2.20. The molecule has 0 aliphatic carbocycles. The van der Waals surface area contributed by atoms with Crippen molar-refractivity contribution in [1.29, 1.82) is 0 Å². The second-order valence-electron chi connectivity index (χ2n) is 5.74. The molecular formula is C14H29N3O. The van der Waals surface area contributed by atoms with Crippen molar-refractivity contribution in [3.05, 3.63) is 0 Å². The van der Waals surface area contributed by atoms with Crippen molar-refractivity contribution in [1.82, 2.24) is 10.2 Å². The lowest BCUT2D eigenvalue weighted by Crippen LogP contribution is -2.45. The number of nitrogens with zero attached hydrogens (tertiary/aromatic N) is 1. The topological polar surface area (TPSA) is 58.4 Å². The van der Waals surface area contributed by atoms with Gasteiger partial charge in [0.2, 0.25) is 5.91 Å². The monoisotopic (exact) mass is 255 g/mol. The van der Waals surface area contributed by atoms with E-state index in [-0.39, 0.29) is 17.9 Å². The summed E-state index contributed by atoms with van der Waals surface area (Å²) in [5.41, 5.74) is 5.89. The molecule has 0 radical (unpaired) electrons. The number of rotatable bonds is 6. The number of amides is 1. The summed E-state index contributed by atoms with van der Waals surface area (Å²) >= 11 is 0. The standard InChI is InChI=1S/C14H29N3O/c1-4-11(2)13(15)14(18)16-8-5-12-6-9-17(3)10-7-12/h11-13H,4-10,15H2,1-3H3,(H,16,18)/t11-,13-/m0/s1. The van der Waals surface area contributed by atoms with Gasteiger partial charge in [-0.15, -0.1) is 0 Å². The SMILES string of the molecule is CC[C@H](C)[C@H](N)C(=O)NCCC1CCN(C)CC1. The molecule has 0 unspecified atom stereocenters. The van der Waals surface area contributed by atoms with E-state index < -0.39 is 0 Å². The minimum Gasteiger partial charge on any atom is -0.355 e. The number of nitrogens with two attached hydrogens (primary N) is 1. The molecule has 0 spiro atoms. The first-order valence-corrected chi connectivity index (χ1v) is 7.26. The van der Waals surface area contributed by atoms with Gasteiger partial charge < -0.3 is 16.0 Å². The number of hydrogen-bond donors (Lipinski definition) is 2. The highest BCUT2D eigenvalue weighted by Crippen LogP contribution is 2.18. The van der Waals surface area contributed by atoms with Crippen LogP contribution in [0, 0.1) is 11.8 Å². The van der Waals surface area contributed by atoms with Gasteiger partial charge >= 0.3 is 0 Å². The summed E-state index contributed by atoms with van der Waals surface area (Å²) in [6, 6.07) is -0.354. The Labute approximate surface area is 111 Å². The average molecular weight is 255 g/mol. The molecule has 1 amide bonds. The van der Waals surface area contributed by atoms with Gasteiger partial charge in [0.05, 0.1) is 6.04 Å². The third-order valence-corrected chi connectivity index (χ3v) is 4.25. The van der Waals surface area contributed by atoms with E-state index in [9.17, 15) is 4.79 Å². The van der Waals surface area contributed by atoms with Gasteiger partial charge in [-0.25, -0.2) is 0 Å². The summed E-state index contributed by atoms with van der Waals surface area (Å²) in [6.45, 7) is 7.24. The second kappa shape index (κ2) is 7.74. The molecule has 1 saturated heterocycles. The molecule has 1 rings (SSSR count). The first-order chi connectivity index (χ1) is 8.54. The molecule has 4 heteroatoms. The van der Waals surface area contributed by atoms with Gasteiger partial charge in [-0.3, -0.25) is 4.79 Å². The van der Waals surface area contributed by atoms with Gasteiger partial charge in [0.15, 0.2) is 0 Å². The van der Waals surface area contributed by atoms with Crippen LogP contribution < -0.4 is 11.1 Å². The Balaban J connectivity index is 2.15. The predicted octanol–water partition coefficient (Wildman–Crippen LogP) is 1.21. The quantitative estimate of drug-likeness (QED) is 0.750. The lowest BCUT2D eigenvalue weighted by atomic mass is 9.93. The van der Waals surface area contributed by atoms with Crippen LogP contribution in [0.15, 0.2) is 0 Å². The predicted molar refractivity (Wildman–Crippen MR) is 75.3 cm³/mol. The largest absolute Gasteiger partial charge is 0.355 e. The van der Waals surface area contributed by atoms with E-state index in [0.29, 0.717) is 0 Å². The van der Waals surface area contributed by atoms with Crippen LogP contribution in [0.25, 0.3) is 0 Å². The Morgan fingerprint density at radius 1 is 1.44 bits per heavy atom. The summed E-state index contributed by atoms with van der Waals surface area (Å²) in [6.07, 6.45) is 4.55. The molecule has 0 saturated carbocycles. The zero-order valence-electron chi connectivity index (χ0n) is 12.1. The van der Waals surface area contributed by atoms with Crippen molar-refractivity contribution in [2.75, 3.05) is 26.7 Å². The van der Waals surface area contributed by atoms with E-state index in [0.717, 1.165) is 25.3 Å². The average Bonchev–Trinajstić information content (AvgIpc) is 2.39. The van der Waals surface area contributed by atoms with E-state index in [1.165, 1.54) is 25.9 Å². The van der Waals surface area contributed by atoms with E-state index in [1.807, 2.05) is 6.92 Å². The van der Waals surface area contributed by atoms with Crippen molar-refractivity contribution in [3.8, 4) is 0 Å². The fraction of sp³-hybridized carbons (Fsp3) is 0.929. The van der Waals surface area contributed by atoms with E-state index in [1.54, 1.807) is 0 Å². The molecule has 0 aromatic heterocycles. The van der Waals surface area contributed by atoms with Gasteiger partial charge in [-0.2, -0.15) is 0 Å². The number of piperidine rings is 1. The molecule has 106 valence electrons. The number of likely N-dealkylation sites (tertiary alicyclic amines) is 1. The van der Waals surface area contributed by atoms with Gasteiger partial charge in [-0.05, 0) is 51.2 Å². The van der Waals surface area contributed by atoms with Crippen LogP contribution in [0.2, 0.25) is 0 Å². The van der Waals surface area contributed by atoms with Crippen molar-refractivity contribution < 1.29 is 4.79 Å². The molecule has 1 aliphatic heterocycles. The third-order valence-electron chi connectivity index (χ3n) is 4.25. The maximum atomic E-state index is 11.8. The molecule has 2 atom stereocenters. The Bertz CT molecular complexity index is 249. The number of nitrogens with one attached hydrogen (secondary N) is 1. The normalized spacial score (nSPS) is 21.6. The molecule has 0 aromatic carbocycles. The molecule has 3 N–H and O–H groups in total. The lowest BCUT2D eigenvalue weighted by molar-refractivity contribution is -0.123. The number of hydrogen-bond acceptors (Lipinski definition) is 3. The van der Waals surface area contributed by atoms with Gasteiger partial charge in [0.1, 0.15) is 0 Å². The van der Waals surface area contributed by atoms with Gasteiger partial charge in [0.25, 0.3) is 0 Å². The Kier molecular flexibility index (Phi) is 6.65. The maximum absolute atomic E-state index is 11.8. The summed E-state index contributed by atoms with van der Waals surface area (Å²) in [7, 11) is 2.17. The minimum absolute atomic E-state index is 0.0114. The molecule has 1 fully saturated rings. The first-order valence-electron chi connectivity index (χ1n) is 7.26. The molecule has 18 heavy (non-hydrogen) atoms. The van der Waals surface area contributed by atoms with Crippen LogP contribution in [0.1, 0.15) is 39.5 Å². The summed E-state index contributed by atoms with van der Waals surface area (Å²) in [4.78, 5) is 14.2. The zero-order valence-corrected chi connectivity index (χ0v) is 12.1. The zero-order chi connectivity index (χ0) is 13.5. The Hall–Kier alpha value is -0.610. The molecule has 1 aliphatic rings. The van der Waals surface area contributed by atoms with Crippen LogP contribution in [0.3, 0.4) is 0 Å². The van der Waals surface area contributed by atoms with Crippen molar-refractivity contribution >= 4 is 5.91 Å². The molecule has 4 nitrogen and oxygen atoms in total. The van der Waals surface area contributed by atoms with Crippen molar-refractivity contribution in [2.24, 2.45) is 17.6 Å².